The van der Waals surface area contributed by atoms with E-state index in [1.165, 1.54) is 4.31 Å². The third-order valence-electron chi connectivity index (χ3n) is 3.40. The summed E-state index contributed by atoms with van der Waals surface area (Å²) in [6, 6.07) is 12.7. The Morgan fingerprint density at radius 1 is 1.11 bits per heavy atom. The average molecular weight is 277 g/mol. The van der Waals surface area contributed by atoms with Gasteiger partial charge in [0.15, 0.2) is 0 Å². The molecule has 0 spiro atoms. The number of benzene rings is 2. The van der Waals surface area contributed by atoms with Crippen LogP contribution >= 0.6 is 0 Å². The van der Waals surface area contributed by atoms with E-state index in [1.54, 1.807) is 25.1 Å². The van der Waals surface area contributed by atoms with Crippen molar-refractivity contribution in [3.8, 4) is 0 Å². The van der Waals surface area contributed by atoms with Crippen molar-refractivity contribution in [1.29, 1.82) is 0 Å². The van der Waals surface area contributed by atoms with Crippen molar-refractivity contribution in [2.24, 2.45) is 0 Å². The van der Waals surface area contributed by atoms with E-state index in [-0.39, 0.29) is 13.1 Å². The molecule has 1 N–H and O–H groups in total. The van der Waals surface area contributed by atoms with Crippen LogP contribution in [0.25, 0.3) is 10.8 Å². The largest absolute Gasteiger partial charge is 0.387 e. The molecule has 0 unspecified atom stereocenters. The molecule has 1 heterocycles. The number of hydrogen-bond acceptors (Lipinski definition) is 3. The molecule has 5 heteroatoms. The van der Waals surface area contributed by atoms with Gasteiger partial charge in [0, 0.05) is 18.5 Å². The molecule has 2 aromatic carbocycles. The Balaban J connectivity index is 2.10. The molecule has 1 aliphatic heterocycles. The second-order valence-corrected chi connectivity index (χ2v) is 7.15. The molecule has 4 nitrogen and oxygen atoms in total. The maximum Gasteiger partial charge on any atom is 0.243 e. The summed E-state index contributed by atoms with van der Waals surface area (Å²) in [4.78, 5) is 0.307. The fraction of sp³-hybridized carbons (Fsp3) is 0.286. The van der Waals surface area contributed by atoms with E-state index in [4.69, 9.17) is 0 Å². The molecule has 0 aliphatic carbocycles. The van der Waals surface area contributed by atoms with E-state index in [1.807, 2.05) is 24.3 Å². The van der Waals surface area contributed by atoms with Crippen molar-refractivity contribution < 1.29 is 13.5 Å². The number of β-amino-alcohol motifs (C(OH)–C–C–N with tert-alkyl or cyclic N) is 1. The first-order chi connectivity index (χ1) is 8.90. The molecule has 0 bridgehead atoms. The lowest BCUT2D eigenvalue weighted by molar-refractivity contribution is -0.0426. The molecule has 0 aromatic heterocycles. The SMILES string of the molecule is CC1(O)CN(S(=O)(=O)c2cccc3ccccc23)C1. The summed E-state index contributed by atoms with van der Waals surface area (Å²) in [5, 5.41) is 11.3. The summed E-state index contributed by atoms with van der Waals surface area (Å²) in [6.45, 7) is 1.94. The Morgan fingerprint density at radius 2 is 1.74 bits per heavy atom. The molecular weight excluding hydrogens is 262 g/mol. The summed E-state index contributed by atoms with van der Waals surface area (Å²) >= 11 is 0. The van der Waals surface area contributed by atoms with E-state index in [9.17, 15) is 13.5 Å². The number of sulfonamides is 1. The number of nitrogens with zero attached hydrogens (tertiary/aromatic N) is 1. The van der Waals surface area contributed by atoms with Crippen LogP contribution in [0.2, 0.25) is 0 Å². The quantitative estimate of drug-likeness (QED) is 0.907. The number of fused-ring (bicyclic) bond motifs is 1. The Bertz CT molecular complexity index is 724. The van der Waals surface area contributed by atoms with Crippen molar-refractivity contribution in [2.45, 2.75) is 17.4 Å². The van der Waals surface area contributed by atoms with Gasteiger partial charge in [0.05, 0.1) is 10.5 Å². The number of hydrogen-bond donors (Lipinski definition) is 1. The minimum Gasteiger partial charge on any atom is -0.387 e. The molecule has 0 saturated carbocycles. The first kappa shape index (κ1) is 12.6. The van der Waals surface area contributed by atoms with Gasteiger partial charge in [-0.3, -0.25) is 0 Å². The number of aliphatic hydroxyl groups is 1. The minimum absolute atomic E-state index is 0.151. The molecule has 100 valence electrons. The van der Waals surface area contributed by atoms with Crippen LogP contribution < -0.4 is 0 Å². The summed E-state index contributed by atoms with van der Waals surface area (Å²) in [6.07, 6.45) is 0. The van der Waals surface area contributed by atoms with Gasteiger partial charge in [0.25, 0.3) is 0 Å². The first-order valence-electron chi connectivity index (χ1n) is 6.10. The molecule has 1 saturated heterocycles. The van der Waals surface area contributed by atoms with Crippen molar-refractivity contribution >= 4 is 20.8 Å². The highest BCUT2D eigenvalue weighted by Crippen LogP contribution is 2.31. The van der Waals surface area contributed by atoms with E-state index in [0.29, 0.717) is 4.90 Å². The summed E-state index contributed by atoms with van der Waals surface area (Å²) in [5.41, 5.74) is -0.905. The third-order valence-corrected chi connectivity index (χ3v) is 5.25. The van der Waals surface area contributed by atoms with E-state index >= 15 is 0 Å². The van der Waals surface area contributed by atoms with Crippen LogP contribution in [0.5, 0.6) is 0 Å². The normalized spacial score (nSPS) is 19.3. The molecule has 0 atom stereocenters. The Morgan fingerprint density at radius 3 is 2.42 bits per heavy atom. The number of rotatable bonds is 2. The predicted molar refractivity (Wildman–Crippen MR) is 73.3 cm³/mol. The zero-order chi connectivity index (χ0) is 13.7. The van der Waals surface area contributed by atoms with Crippen LogP contribution in [-0.4, -0.2) is 36.5 Å². The van der Waals surface area contributed by atoms with Gasteiger partial charge in [0.2, 0.25) is 10.0 Å². The van der Waals surface area contributed by atoms with Gasteiger partial charge in [-0.15, -0.1) is 0 Å². The summed E-state index contributed by atoms with van der Waals surface area (Å²) in [5.74, 6) is 0. The molecular formula is C14H15NO3S. The van der Waals surface area contributed by atoms with E-state index in [0.717, 1.165) is 10.8 Å². The third kappa shape index (κ3) is 2.04. The fourth-order valence-corrected chi connectivity index (χ4v) is 4.33. The zero-order valence-corrected chi connectivity index (χ0v) is 11.4. The van der Waals surface area contributed by atoms with Gasteiger partial charge in [0.1, 0.15) is 0 Å². The van der Waals surface area contributed by atoms with Gasteiger partial charge in [-0.25, -0.2) is 8.42 Å². The van der Waals surface area contributed by atoms with Crippen LogP contribution in [0.15, 0.2) is 47.4 Å². The van der Waals surface area contributed by atoms with Crippen molar-refractivity contribution in [1.82, 2.24) is 4.31 Å². The van der Waals surface area contributed by atoms with Gasteiger partial charge in [-0.1, -0.05) is 36.4 Å². The lowest BCUT2D eigenvalue weighted by Crippen LogP contribution is -2.61. The standard InChI is InChI=1S/C14H15NO3S/c1-14(16)9-15(10-14)19(17,18)13-8-4-6-11-5-2-3-7-12(11)13/h2-8,16H,9-10H2,1H3. The van der Waals surface area contributed by atoms with Crippen molar-refractivity contribution in [3.63, 3.8) is 0 Å². The Labute approximate surface area is 112 Å². The molecule has 0 radical (unpaired) electrons. The summed E-state index contributed by atoms with van der Waals surface area (Å²) in [7, 11) is -3.53. The van der Waals surface area contributed by atoms with Gasteiger partial charge < -0.3 is 5.11 Å². The maximum atomic E-state index is 12.5. The molecule has 1 fully saturated rings. The monoisotopic (exact) mass is 277 g/mol. The smallest absolute Gasteiger partial charge is 0.243 e. The molecule has 3 rings (SSSR count). The van der Waals surface area contributed by atoms with E-state index in [2.05, 4.69) is 0 Å². The van der Waals surface area contributed by atoms with Crippen molar-refractivity contribution in [3.05, 3.63) is 42.5 Å². The highest BCUT2D eigenvalue weighted by Gasteiger charge is 2.44. The van der Waals surface area contributed by atoms with Crippen LogP contribution in [-0.2, 0) is 10.0 Å². The Kier molecular flexibility index (Phi) is 2.67. The summed E-state index contributed by atoms with van der Waals surface area (Å²) < 4.78 is 26.4. The second-order valence-electron chi connectivity index (χ2n) is 5.25. The highest BCUT2D eigenvalue weighted by molar-refractivity contribution is 7.89. The maximum absolute atomic E-state index is 12.5. The molecule has 1 aliphatic rings. The second kappa shape index (κ2) is 4.03. The minimum atomic E-state index is -3.53. The predicted octanol–water partition coefficient (Wildman–Crippen LogP) is 1.60. The van der Waals surface area contributed by atoms with Crippen LogP contribution in [0.3, 0.4) is 0 Å². The van der Waals surface area contributed by atoms with Crippen molar-refractivity contribution in [2.75, 3.05) is 13.1 Å². The first-order valence-corrected chi connectivity index (χ1v) is 7.54. The van der Waals surface area contributed by atoms with Gasteiger partial charge >= 0.3 is 0 Å². The average Bonchev–Trinajstić information content (AvgIpc) is 2.35. The topological polar surface area (TPSA) is 57.6 Å². The fourth-order valence-electron chi connectivity index (χ4n) is 2.44. The van der Waals surface area contributed by atoms with Crippen LogP contribution in [0.4, 0.5) is 0 Å². The lowest BCUT2D eigenvalue weighted by Gasteiger charge is -2.42. The zero-order valence-electron chi connectivity index (χ0n) is 10.6. The molecule has 19 heavy (non-hydrogen) atoms. The molecule has 2 aromatic rings. The van der Waals surface area contributed by atoms with Gasteiger partial charge in [-0.2, -0.15) is 4.31 Å². The Hall–Kier alpha value is -1.43. The molecule has 0 amide bonds. The van der Waals surface area contributed by atoms with Crippen LogP contribution in [0.1, 0.15) is 6.92 Å². The lowest BCUT2D eigenvalue weighted by atomic mass is 10.0. The van der Waals surface area contributed by atoms with Crippen LogP contribution in [0, 0.1) is 0 Å². The van der Waals surface area contributed by atoms with E-state index < -0.39 is 15.6 Å². The van der Waals surface area contributed by atoms with Gasteiger partial charge in [-0.05, 0) is 18.4 Å². The highest BCUT2D eigenvalue weighted by atomic mass is 32.2.